The Morgan fingerprint density at radius 2 is 1.74 bits per heavy atom. The van der Waals surface area contributed by atoms with Gasteiger partial charge in [-0.2, -0.15) is 0 Å². The van der Waals surface area contributed by atoms with Gasteiger partial charge in [0.25, 0.3) is 5.56 Å². The zero-order valence-corrected chi connectivity index (χ0v) is 19.3. The second-order valence-electron chi connectivity index (χ2n) is 8.87. The second kappa shape index (κ2) is 7.82. The van der Waals surface area contributed by atoms with Gasteiger partial charge in [-0.3, -0.25) is 9.36 Å². The lowest BCUT2D eigenvalue weighted by Crippen LogP contribution is -2.40. The lowest BCUT2D eigenvalue weighted by atomic mass is 9.68. The zero-order valence-electron chi connectivity index (χ0n) is 17.8. The molecule has 0 saturated heterocycles. The molecule has 2 aliphatic carbocycles. The van der Waals surface area contributed by atoms with Crippen molar-refractivity contribution in [3.63, 3.8) is 0 Å². The standard InChI is InChI=1S/C23H26Cl2N4O2/c1-3-18-26-21-20(29(18)19(13-6-4-7-13)14-8-5-9-14)22(30)27(2)23(31)28(21)17-11-10-15(24)12-16(17)25/h10-14,19H,3-9H2,1-2H3. The molecule has 0 radical (unpaired) electrons. The highest BCUT2D eigenvalue weighted by Crippen LogP contribution is 2.48. The molecule has 2 saturated carbocycles. The van der Waals surface area contributed by atoms with Crippen molar-refractivity contribution in [3.8, 4) is 5.69 Å². The van der Waals surface area contributed by atoms with Crippen molar-refractivity contribution >= 4 is 34.4 Å². The van der Waals surface area contributed by atoms with Crippen molar-refractivity contribution in [2.24, 2.45) is 18.9 Å². The molecule has 3 aromatic rings. The fourth-order valence-electron chi connectivity index (χ4n) is 5.13. The molecule has 1 aromatic carbocycles. The third-order valence-corrected chi connectivity index (χ3v) is 7.73. The minimum absolute atomic E-state index is 0.266. The number of imidazole rings is 1. The lowest BCUT2D eigenvalue weighted by molar-refractivity contribution is 0.101. The third-order valence-electron chi connectivity index (χ3n) is 7.19. The Bertz CT molecular complexity index is 1270. The van der Waals surface area contributed by atoms with Crippen molar-refractivity contribution in [3.05, 3.63) is 54.9 Å². The molecule has 2 aromatic heterocycles. The molecule has 0 atom stereocenters. The first kappa shape index (κ1) is 20.8. The highest BCUT2D eigenvalue weighted by molar-refractivity contribution is 6.35. The van der Waals surface area contributed by atoms with Gasteiger partial charge >= 0.3 is 5.69 Å². The van der Waals surface area contributed by atoms with Crippen LogP contribution in [0, 0.1) is 11.8 Å². The van der Waals surface area contributed by atoms with Crippen LogP contribution in [-0.4, -0.2) is 18.7 Å². The van der Waals surface area contributed by atoms with Crippen LogP contribution in [0.1, 0.15) is 57.3 Å². The van der Waals surface area contributed by atoms with Crippen LogP contribution < -0.4 is 11.2 Å². The van der Waals surface area contributed by atoms with E-state index in [2.05, 4.69) is 11.5 Å². The summed E-state index contributed by atoms with van der Waals surface area (Å²) in [6.45, 7) is 2.05. The SMILES string of the molecule is CCc1nc2c(c(=O)n(C)c(=O)n2-c2ccc(Cl)cc2Cl)n1C(C1CCC1)C1CCC1. The molecule has 0 unspecified atom stereocenters. The first-order valence-corrected chi connectivity index (χ1v) is 11.9. The molecule has 0 bridgehead atoms. The summed E-state index contributed by atoms with van der Waals surface area (Å²) in [6, 6.07) is 5.26. The van der Waals surface area contributed by atoms with E-state index in [1.54, 1.807) is 18.2 Å². The zero-order chi connectivity index (χ0) is 21.9. The molecule has 8 heteroatoms. The van der Waals surface area contributed by atoms with Gasteiger partial charge in [0.1, 0.15) is 5.82 Å². The summed E-state index contributed by atoms with van der Waals surface area (Å²) in [5.41, 5.74) is 0.620. The van der Waals surface area contributed by atoms with Crippen LogP contribution in [0.3, 0.4) is 0 Å². The predicted octanol–water partition coefficient (Wildman–Crippen LogP) is 4.90. The molecule has 6 nitrogen and oxygen atoms in total. The molecule has 0 aliphatic heterocycles. The number of aryl methyl sites for hydroxylation is 1. The van der Waals surface area contributed by atoms with Gasteiger partial charge in [-0.15, -0.1) is 0 Å². The molecule has 0 N–H and O–H groups in total. The topological polar surface area (TPSA) is 61.8 Å². The quantitative estimate of drug-likeness (QED) is 0.543. The second-order valence-corrected chi connectivity index (χ2v) is 9.72. The van der Waals surface area contributed by atoms with Gasteiger partial charge in [-0.05, 0) is 55.7 Å². The van der Waals surface area contributed by atoms with Crippen molar-refractivity contribution in [1.82, 2.24) is 18.7 Å². The van der Waals surface area contributed by atoms with Gasteiger partial charge in [0, 0.05) is 24.5 Å². The summed E-state index contributed by atoms with van der Waals surface area (Å²) < 4.78 is 4.82. The summed E-state index contributed by atoms with van der Waals surface area (Å²) in [5.74, 6) is 2.00. The molecule has 164 valence electrons. The molecule has 31 heavy (non-hydrogen) atoms. The number of rotatable bonds is 5. The predicted molar refractivity (Wildman–Crippen MR) is 124 cm³/mol. The summed E-state index contributed by atoms with van der Waals surface area (Å²) in [6.07, 6.45) is 7.92. The van der Waals surface area contributed by atoms with E-state index in [9.17, 15) is 9.59 Å². The number of nitrogens with zero attached hydrogens (tertiary/aromatic N) is 4. The van der Waals surface area contributed by atoms with Gasteiger partial charge < -0.3 is 4.57 Å². The van der Waals surface area contributed by atoms with Crippen molar-refractivity contribution < 1.29 is 0 Å². The maximum absolute atomic E-state index is 13.4. The van der Waals surface area contributed by atoms with Crippen LogP contribution in [0.5, 0.6) is 0 Å². The van der Waals surface area contributed by atoms with E-state index >= 15 is 0 Å². The number of fused-ring (bicyclic) bond motifs is 1. The first-order chi connectivity index (χ1) is 14.9. The fourth-order valence-corrected chi connectivity index (χ4v) is 5.62. The number of hydrogen-bond acceptors (Lipinski definition) is 3. The lowest BCUT2D eigenvalue weighted by Gasteiger charge is -2.44. The van der Waals surface area contributed by atoms with E-state index in [0.29, 0.717) is 45.2 Å². The fraction of sp³-hybridized carbons (Fsp3) is 0.522. The smallest absolute Gasteiger partial charge is 0.318 e. The van der Waals surface area contributed by atoms with Gasteiger partial charge in [0.05, 0.1) is 10.7 Å². The number of halogens is 2. The molecule has 0 spiro atoms. The largest absolute Gasteiger partial charge is 0.337 e. The maximum Gasteiger partial charge on any atom is 0.337 e. The van der Waals surface area contributed by atoms with E-state index in [-0.39, 0.29) is 11.6 Å². The average Bonchev–Trinajstić information content (AvgIpc) is 3.03. The highest BCUT2D eigenvalue weighted by atomic mass is 35.5. The van der Waals surface area contributed by atoms with Gasteiger partial charge in [0.15, 0.2) is 11.2 Å². The Morgan fingerprint density at radius 3 is 2.26 bits per heavy atom. The molecule has 0 amide bonds. The summed E-state index contributed by atoms with van der Waals surface area (Å²) in [5, 5.41) is 0.828. The van der Waals surface area contributed by atoms with E-state index in [4.69, 9.17) is 28.2 Å². The summed E-state index contributed by atoms with van der Waals surface area (Å²) in [7, 11) is 1.52. The Balaban J connectivity index is 1.85. The van der Waals surface area contributed by atoms with Crippen LogP contribution in [0.15, 0.2) is 27.8 Å². The van der Waals surface area contributed by atoms with Crippen molar-refractivity contribution in [1.29, 1.82) is 0 Å². The molecule has 2 fully saturated rings. The Morgan fingerprint density at radius 1 is 1.10 bits per heavy atom. The first-order valence-electron chi connectivity index (χ1n) is 11.1. The van der Waals surface area contributed by atoms with E-state index < -0.39 is 5.69 Å². The summed E-state index contributed by atoms with van der Waals surface area (Å²) >= 11 is 12.5. The van der Waals surface area contributed by atoms with Crippen LogP contribution in [0.25, 0.3) is 16.9 Å². The Labute approximate surface area is 190 Å². The Kier molecular flexibility index (Phi) is 5.25. The summed E-state index contributed by atoms with van der Waals surface area (Å²) in [4.78, 5) is 31.5. The minimum Gasteiger partial charge on any atom is -0.318 e. The van der Waals surface area contributed by atoms with E-state index in [1.807, 2.05) is 0 Å². The number of benzene rings is 1. The number of hydrogen-bond donors (Lipinski definition) is 0. The molecule has 5 rings (SSSR count). The van der Waals surface area contributed by atoms with Crippen molar-refractivity contribution in [2.75, 3.05) is 0 Å². The monoisotopic (exact) mass is 460 g/mol. The van der Waals surface area contributed by atoms with Crippen molar-refractivity contribution in [2.45, 2.75) is 57.9 Å². The Hall–Kier alpha value is -2.05. The van der Waals surface area contributed by atoms with Gasteiger partial charge in [-0.25, -0.2) is 14.3 Å². The van der Waals surface area contributed by atoms with Crippen LogP contribution in [0.4, 0.5) is 0 Å². The normalized spacial score (nSPS) is 17.3. The van der Waals surface area contributed by atoms with Crippen LogP contribution >= 0.6 is 23.2 Å². The highest BCUT2D eigenvalue weighted by Gasteiger charge is 2.40. The molecular weight excluding hydrogens is 435 g/mol. The number of aromatic nitrogens is 4. The van der Waals surface area contributed by atoms with Crippen LogP contribution in [-0.2, 0) is 13.5 Å². The molecule has 2 heterocycles. The van der Waals surface area contributed by atoms with E-state index in [1.165, 1.54) is 54.7 Å². The van der Waals surface area contributed by atoms with E-state index in [0.717, 1.165) is 5.82 Å². The molecule has 2 aliphatic rings. The van der Waals surface area contributed by atoms with Gasteiger partial charge in [-0.1, -0.05) is 43.0 Å². The van der Waals surface area contributed by atoms with Gasteiger partial charge in [0.2, 0.25) is 0 Å². The minimum atomic E-state index is -0.460. The maximum atomic E-state index is 13.4. The third kappa shape index (κ3) is 3.18. The molecular formula is C23H26Cl2N4O2. The van der Waals surface area contributed by atoms with Crippen LogP contribution in [0.2, 0.25) is 10.0 Å². The average molecular weight is 461 g/mol.